The van der Waals surface area contributed by atoms with Crippen LogP contribution in [0.4, 0.5) is 0 Å². The van der Waals surface area contributed by atoms with Gasteiger partial charge in [-0.15, -0.1) is 0 Å². The zero-order valence-corrected chi connectivity index (χ0v) is 6.45. The largest absolute Gasteiger partial charge is 0.313 e. The van der Waals surface area contributed by atoms with Crippen molar-refractivity contribution in [2.24, 2.45) is 0 Å². The second kappa shape index (κ2) is 2.75. The zero-order chi connectivity index (χ0) is 6.81. The molecule has 0 aromatic heterocycles. The molecular weight excluding hydrogens is 122 g/mol. The summed E-state index contributed by atoms with van der Waals surface area (Å²) < 4.78 is 0. The van der Waals surface area contributed by atoms with E-state index in [4.69, 9.17) is 0 Å². The highest BCUT2D eigenvalue weighted by Crippen LogP contribution is 2.28. The van der Waals surface area contributed by atoms with E-state index in [1.165, 1.54) is 45.2 Å². The molecule has 1 heteroatoms. The normalized spacial score (nSPS) is 26.4. The quantitative estimate of drug-likeness (QED) is 0.502. The van der Waals surface area contributed by atoms with Crippen molar-refractivity contribution in [3.63, 3.8) is 0 Å². The van der Waals surface area contributed by atoms with Gasteiger partial charge in [0.15, 0.2) is 0 Å². The maximum atomic E-state index is 3.39. The van der Waals surface area contributed by atoms with Crippen LogP contribution >= 0.6 is 0 Å². The van der Waals surface area contributed by atoms with Crippen molar-refractivity contribution in [1.29, 1.82) is 0 Å². The van der Waals surface area contributed by atoms with Crippen molar-refractivity contribution in [2.45, 2.75) is 32.1 Å². The van der Waals surface area contributed by atoms with Crippen LogP contribution < -0.4 is 5.32 Å². The molecule has 0 amide bonds. The molecule has 1 saturated carbocycles. The molecule has 0 bridgehead atoms. The molecule has 0 aromatic rings. The summed E-state index contributed by atoms with van der Waals surface area (Å²) in [6, 6.07) is 0. The van der Waals surface area contributed by atoms with E-state index in [0.717, 1.165) is 0 Å². The third kappa shape index (κ3) is 1.10. The molecule has 0 radical (unpaired) electrons. The van der Waals surface area contributed by atoms with Gasteiger partial charge in [-0.2, -0.15) is 0 Å². The van der Waals surface area contributed by atoms with Crippen LogP contribution in [0.15, 0.2) is 11.1 Å². The fourth-order valence-electron chi connectivity index (χ4n) is 2.02. The Bertz CT molecular complexity index is 124. The lowest BCUT2D eigenvalue weighted by atomic mass is 10.1. The van der Waals surface area contributed by atoms with Gasteiger partial charge in [0, 0.05) is 6.54 Å². The van der Waals surface area contributed by atoms with Crippen LogP contribution in [0.3, 0.4) is 0 Å². The molecule has 56 valence electrons. The maximum Gasteiger partial charge on any atom is 0.0167 e. The van der Waals surface area contributed by atoms with Crippen molar-refractivity contribution in [3.05, 3.63) is 11.1 Å². The van der Waals surface area contributed by atoms with E-state index in [1.807, 2.05) is 0 Å². The van der Waals surface area contributed by atoms with E-state index in [9.17, 15) is 0 Å². The zero-order valence-electron chi connectivity index (χ0n) is 6.45. The lowest BCUT2D eigenvalue weighted by molar-refractivity contribution is 0.862. The fraction of sp³-hybridized carbons (Fsp3) is 0.778. The molecular formula is C9H15N. The number of rotatable bonds is 0. The van der Waals surface area contributed by atoms with Gasteiger partial charge in [0.25, 0.3) is 0 Å². The predicted octanol–water partition coefficient (Wildman–Crippen LogP) is 1.85. The Hall–Kier alpha value is -0.300. The van der Waals surface area contributed by atoms with E-state index >= 15 is 0 Å². The monoisotopic (exact) mass is 137 g/mol. The third-order valence-electron chi connectivity index (χ3n) is 2.65. The van der Waals surface area contributed by atoms with Crippen LogP contribution in [-0.2, 0) is 0 Å². The third-order valence-corrected chi connectivity index (χ3v) is 2.65. The van der Waals surface area contributed by atoms with Gasteiger partial charge in [0.05, 0.1) is 0 Å². The van der Waals surface area contributed by atoms with Crippen LogP contribution in [-0.4, -0.2) is 13.1 Å². The Kier molecular flexibility index (Phi) is 1.76. The minimum Gasteiger partial charge on any atom is -0.313 e. The topological polar surface area (TPSA) is 12.0 Å². The first-order valence-electron chi connectivity index (χ1n) is 4.37. The summed E-state index contributed by atoms with van der Waals surface area (Å²) in [5, 5.41) is 3.39. The Balaban J connectivity index is 2.10. The first-order chi connectivity index (χ1) is 4.97. The molecule has 1 aliphatic heterocycles. The standard InChI is InChI=1S/C9H15N/c1-2-4-8(3-1)9-5-6-10-7-9/h10H,1-7H2. The molecule has 0 unspecified atom stereocenters. The van der Waals surface area contributed by atoms with Crippen molar-refractivity contribution in [3.8, 4) is 0 Å². The Morgan fingerprint density at radius 3 is 2.30 bits per heavy atom. The van der Waals surface area contributed by atoms with Gasteiger partial charge in [-0.3, -0.25) is 0 Å². The second-order valence-electron chi connectivity index (χ2n) is 3.34. The highest BCUT2D eigenvalue weighted by atomic mass is 14.9. The highest BCUT2D eigenvalue weighted by molar-refractivity contribution is 5.20. The molecule has 1 nitrogen and oxygen atoms in total. The van der Waals surface area contributed by atoms with Gasteiger partial charge < -0.3 is 5.32 Å². The summed E-state index contributed by atoms with van der Waals surface area (Å²) in [5.74, 6) is 0. The molecule has 1 heterocycles. The molecule has 2 aliphatic rings. The van der Waals surface area contributed by atoms with Gasteiger partial charge >= 0.3 is 0 Å². The lowest BCUT2D eigenvalue weighted by Gasteiger charge is -2.00. The van der Waals surface area contributed by atoms with E-state index in [-0.39, 0.29) is 0 Å². The Labute approximate surface area is 62.5 Å². The average molecular weight is 137 g/mol. The van der Waals surface area contributed by atoms with E-state index in [1.54, 1.807) is 11.1 Å². The van der Waals surface area contributed by atoms with Crippen LogP contribution in [0.2, 0.25) is 0 Å². The smallest absolute Gasteiger partial charge is 0.0167 e. The van der Waals surface area contributed by atoms with Crippen molar-refractivity contribution < 1.29 is 0 Å². The minimum atomic E-state index is 1.19. The van der Waals surface area contributed by atoms with Gasteiger partial charge in [-0.1, -0.05) is 11.1 Å². The molecule has 2 rings (SSSR count). The second-order valence-corrected chi connectivity index (χ2v) is 3.34. The number of hydrogen-bond acceptors (Lipinski definition) is 1. The summed E-state index contributed by atoms with van der Waals surface area (Å²) in [5.41, 5.74) is 3.52. The summed E-state index contributed by atoms with van der Waals surface area (Å²) >= 11 is 0. The first-order valence-corrected chi connectivity index (χ1v) is 4.37. The lowest BCUT2D eigenvalue weighted by Crippen LogP contribution is -2.05. The Morgan fingerprint density at radius 1 is 0.900 bits per heavy atom. The highest BCUT2D eigenvalue weighted by Gasteiger charge is 2.14. The van der Waals surface area contributed by atoms with Gasteiger partial charge in [0.1, 0.15) is 0 Å². The SMILES string of the molecule is C1CCC(=C2CCNC2)C1. The summed E-state index contributed by atoms with van der Waals surface area (Å²) in [7, 11) is 0. The molecule has 1 N–H and O–H groups in total. The molecule has 10 heavy (non-hydrogen) atoms. The van der Waals surface area contributed by atoms with Crippen molar-refractivity contribution in [1.82, 2.24) is 5.32 Å². The Morgan fingerprint density at radius 2 is 1.70 bits per heavy atom. The molecule has 0 atom stereocenters. The van der Waals surface area contributed by atoms with Gasteiger partial charge in [0.2, 0.25) is 0 Å². The van der Waals surface area contributed by atoms with Crippen LogP contribution in [0.1, 0.15) is 32.1 Å². The summed E-state index contributed by atoms with van der Waals surface area (Å²) in [6.07, 6.45) is 7.01. The molecule has 0 spiro atoms. The van der Waals surface area contributed by atoms with E-state index < -0.39 is 0 Å². The molecule has 2 fully saturated rings. The number of allylic oxidation sites excluding steroid dienone is 1. The summed E-state index contributed by atoms with van der Waals surface area (Å²) in [4.78, 5) is 0. The fourth-order valence-corrected chi connectivity index (χ4v) is 2.02. The van der Waals surface area contributed by atoms with Gasteiger partial charge in [-0.25, -0.2) is 0 Å². The molecule has 0 aromatic carbocycles. The van der Waals surface area contributed by atoms with E-state index in [2.05, 4.69) is 5.32 Å². The van der Waals surface area contributed by atoms with Crippen LogP contribution in [0, 0.1) is 0 Å². The number of nitrogens with one attached hydrogen (secondary N) is 1. The van der Waals surface area contributed by atoms with Crippen LogP contribution in [0.25, 0.3) is 0 Å². The molecule has 1 saturated heterocycles. The van der Waals surface area contributed by atoms with Gasteiger partial charge in [-0.05, 0) is 38.6 Å². The minimum absolute atomic E-state index is 1.19. The van der Waals surface area contributed by atoms with Crippen molar-refractivity contribution >= 4 is 0 Å². The van der Waals surface area contributed by atoms with Crippen molar-refractivity contribution in [2.75, 3.05) is 13.1 Å². The first kappa shape index (κ1) is 6.41. The summed E-state index contributed by atoms with van der Waals surface area (Å²) in [6.45, 7) is 2.41. The number of hydrogen-bond donors (Lipinski definition) is 1. The van der Waals surface area contributed by atoms with Crippen LogP contribution in [0.5, 0.6) is 0 Å². The molecule has 1 aliphatic carbocycles. The predicted molar refractivity (Wildman–Crippen MR) is 43.0 cm³/mol. The maximum absolute atomic E-state index is 3.39. The average Bonchev–Trinajstić information content (AvgIpc) is 2.59. The van der Waals surface area contributed by atoms with E-state index in [0.29, 0.717) is 0 Å².